The number of benzene rings is 2. The molecule has 186 valence electrons. The summed E-state index contributed by atoms with van der Waals surface area (Å²) in [4.78, 5) is 38.9. The Morgan fingerprint density at radius 1 is 1.14 bits per heavy atom. The van der Waals surface area contributed by atoms with E-state index >= 15 is 0 Å². The molecule has 2 atom stereocenters. The molecule has 1 saturated heterocycles. The molecule has 5 heterocycles. The lowest BCUT2D eigenvalue weighted by Crippen LogP contribution is -2.45. The quantitative estimate of drug-likeness (QED) is 0.435. The standard InChI is InChI=1S/C27H25N7O3/c35-25(22-14-28-17-29-22)33-11-9-27-21-7-1-2-8-23(21)34(26(27)36)16-19-15-32(31-30-19)10-4-12-37-20-6-3-5-18(13-20)24(27)33/h1-3,5-8,13-15,17,24H,4,9-12,16H2,(H,28,29)/t24-,27-/m0/s1. The van der Waals surface area contributed by atoms with Crippen LogP contribution in [0, 0.1) is 0 Å². The number of aromatic nitrogens is 5. The third-order valence-electron chi connectivity index (χ3n) is 7.70. The fraction of sp³-hybridized carbons (Fsp3) is 0.296. The summed E-state index contributed by atoms with van der Waals surface area (Å²) in [5, 5.41) is 8.59. The van der Waals surface area contributed by atoms with Gasteiger partial charge in [0, 0.05) is 25.2 Å². The van der Waals surface area contributed by atoms with Gasteiger partial charge < -0.3 is 19.5 Å². The number of rotatable bonds is 1. The van der Waals surface area contributed by atoms with Crippen LogP contribution in [0.5, 0.6) is 5.75 Å². The number of para-hydroxylation sites is 1. The maximum atomic E-state index is 14.6. The number of hydrogen-bond acceptors (Lipinski definition) is 6. The van der Waals surface area contributed by atoms with E-state index in [-0.39, 0.29) is 11.8 Å². The van der Waals surface area contributed by atoms with Crippen LogP contribution in [-0.4, -0.2) is 54.8 Å². The van der Waals surface area contributed by atoms with Crippen molar-refractivity contribution < 1.29 is 14.3 Å². The molecule has 2 aromatic heterocycles. The second-order valence-corrected chi connectivity index (χ2v) is 9.74. The van der Waals surface area contributed by atoms with Gasteiger partial charge in [0.05, 0.1) is 37.9 Å². The number of aryl methyl sites for hydroxylation is 1. The Bertz CT molecular complexity index is 1500. The highest BCUT2D eigenvalue weighted by Crippen LogP contribution is 2.57. The van der Waals surface area contributed by atoms with Crippen LogP contribution in [0.2, 0.25) is 0 Å². The minimum atomic E-state index is -0.943. The van der Waals surface area contributed by atoms with Crippen LogP contribution in [0.1, 0.15) is 46.2 Å². The minimum absolute atomic E-state index is 0.0330. The molecule has 1 N–H and O–H groups in total. The van der Waals surface area contributed by atoms with Crippen molar-refractivity contribution in [3.63, 3.8) is 0 Å². The SMILES string of the molecule is O=C(c1cnc[nH]1)N1CC[C@@]23C(=O)N(Cc4cn(nn4)CCCOc4cccc(c4)[C@H]12)c1ccccc13. The number of nitrogens with one attached hydrogen (secondary N) is 1. The molecule has 4 aromatic rings. The van der Waals surface area contributed by atoms with Crippen LogP contribution in [-0.2, 0) is 23.3 Å². The van der Waals surface area contributed by atoms with Crippen LogP contribution < -0.4 is 9.64 Å². The Morgan fingerprint density at radius 2 is 2.05 bits per heavy atom. The summed E-state index contributed by atoms with van der Waals surface area (Å²) in [5.74, 6) is 0.489. The summed E-state index contributed by atoms with van der Waals surface area (Å²) in [6.07, 6.45) is 6.17. The van der Waals surface area contributed by atoms with E-state index in [0.717, 1.165) is 28.9 Å². The van der Waals surface area contributed by atoms with Crippen molar-refractivity contribution in [3.8, 4) is 5.75 Å². The number of fused-ring (bicyclic) bond motifs is 8. The summed E-state index contributed by atoms with van der Waals surface area (Å²) >= 11 is 0. The highest BCUT2D eigenvalue weighted by atomic mass is 16.5. The maximum Gasteiger partial charge on any atom is 0.272 e. The largest absolute Gasteiger partial charge is 0.494 e. The Labute approximate surface area is 212 Å². The fourth-order valence-corrected chi connectivity index (χ4v) is 6.13. The summed E-state index contributed by atoms with van der Waals surface area (Å²) < 4.78 is 7.88. The highest BCUT2D eigenvalue weighted by Gasteiger charge is 2.61. The molecule has 1 fully saturated rings. The van der Waals surface area contributed by atoms with Gasteiger partial charge in [-0.15, -0.1) is 5.10 Å². The topological polar surface area (TPSA) is 109 Å². The number of carbonyl (C=O) groups is 2. The van der Waals surface area contributed by atoms with Crippen LogP contribution in [0.4, 0.5) is 5.69 Å². The molecule has 6 bridgehead atoms. The molecule has 2 aromatic carbocycles. The predicted octanol–water partition coefficient (Wildman–Crippen LogP) is 2.86. The van der Waals surface area contributed by atoms with Gasteiger partial charge in [0.15, 0.2) is 0 Å². The monoisotopic (exact) mass is 495 g/mol. The van der Waals surface area contributed by atoms with E-state index < -0.39 is 11.5 Å². The molecule has 2 amide bonds. The van der Waals surface area contributed by atoms with E-state index in [2.05, 4.69) is 20.3 Å². The summed E-state index contributed by atoms with van der Waals surface area (Å²) in [5.41, 5.74) is 2.82. The third kappa shape index (κ3) is 3.28. The van der Waals surface area contributed by atoms with Crippen LogP contribution in [0.15, 0.2) is 67.3 Å². The lowest BCUT2D eigenvalue weighted by Gasteiger charge is -2.35. The third-order valence-corrected chi connectivity index (χ3v) is 7.70. The van der Waals surface area contributed by atoms with Crippen molar-refractivity contribution in [2.45, 2.75) is 37.4 Å². The number of nitrogens with zero attached hydrogens (tertiary/aromatic N) is 6. The van der Waals surface area contributed by atoms with Crippen molar-refractivity contribution in [2.75, 3.05) is 18.1 Å². The second-order valence-electron chi connectivity index (χ2n) is 9.74. The van der Waals surface area contributed by atoms with Gasteiger partial charge in [0.25, 0.3) is 5.91 Å². The van der Waals surface area contributed by atoms with Gasteiger partial charge >= 0.3 is 0 Å². The van der Waals surface area contributed by atoms with E-state index in [1.54, 1.807) is 14.5 Å². The Balaban J connectivity index is 1.43. The lowest BCUT2D eigenvalue weighted by atomic mass is 9.72. The van der Waals surface area contributed by atoms with Crippen molar-refractivity contribution in [1.82, 2.24) is 29.9 Å². The smallest absolute Gasteiger partial charge is 0.272 e. The van der Waals surface area contributed by atoms with Gasteiger partial charge in [-0.2, -0.15) is 0 Å². The molecule has 1 spiro atoms. The molecule has 7 rings (SSSR count). The van der Waals surface area contributed by atoms with E-state index in [0.29, 0.717) is 44.1 Å². The molecule has 3 aliphatic rings. The predicted molar refractivity (Wildman–Crippen MR) is 133 cm³/mol. The summed E-state index contributed by atoms with van der Waals surface area (Å²) in [6, 6.07) is 15.2. The van der Waals surface area contributed by atoms with E-state index in [1.165, 1.54) is 12.5 Å². The molecule has 0 radical (unpaired) electrons. The number of likely N-dealkylation sites (tertiary alicyclic amines) is 1. The first-order chi connectivity index (χ1) is 18.1. The number of H-pyrrole nitrogens is 1. The van der Waals surface area contributed by atoms with E-state index in [1.807, 2.05) is 54.7 Å². The number of ether oxygens (including phenoxy) is 1. The van der Waals surface area contributed by atoms with Gasteiger partial charge in [-0.25, -0.2) is 4.98 Å². The fourth-order valence-electron chi connectivity index (χ4n) is 6.13. The molecular weight excluding hydrogens is 470 g/mol. The summed E-state index contributed by atoms with van der Waals surface area (Å²) in [6.45, 7) is 1.92. The average molecular weight is 496 g/mol. The van der Waals surface area contributed by atoms with Crippen LogP contribution >= 0.6 is 0 Å². The maximum absolute atomic E-state index is 14.6. The molecule has 0 saturated carbocycles. The lowest BCUT2D eigenvalue weighted by molar-refractivity contribution is -0.124. The number of amides is 2. The second kappa shape index (κ2) is 8.29. The first-order valence-corrected chi connectivity index (χ1v) is 12.5. The van der Waals surface area contributed by atoms with Gasteiger partial charge in [-0.05, 0) is 35.7 Å². The molecule has 10 nitrogen and oxygen atoms in total. The van der Waals surface area contributed by atoms with Crippen LogP contribution in [0.25, 0.3) is 0 Å². The van der Waals surface area contributed by atoms with Crippen molar-refractivity contribution >= 4 is 17.5 Å². The first kappa shape index (κ1) is 21.8. The molecular formula is C27H25N7O3. The Morgan fingerprint density at radius 3 is 2.95 bits per heavy atom. The summed E-state index contributed by atoms with van der Waals surface area (Å²) in [7, 11) is 0. The zero-order valence-corrected chi connectivity index (χ0v) is 20.1. The number of imidazole rings is 1. The van der Waals surface area contributed by atoms with Gasteiger partial charge in [0.2, 0.25) is 5.91 Å². The zero-order chi connectivity index (χ0) is 25.0. The molecule has 0 unspecified atom stereocenters. The zero-order valence-electron chi connectivity index (χ0n) is 20.1. The molecule has 10 heteroatoms. The van der Waals surface area contributed by atoms with Gasteiger partial charge in [0.1, 0.15) is 22.6 Å². The number of anilines is 1. The Kier molecular flexibility index (Phi) is 4.88. The van der Waals surface area contributed by atoms with Gasteiger partial charge in [-0.3, -0.25) is 14.3 Å². The van der Waals surface area contributed by atoms with Crippen molar-refractivity contribution in [3.05, 3.63) is 89.8 Å². The first-order valence-electron chi connectivity index (χ1n) is 12.5. The van der Waals surface area contributed by atoms with E-state index in [4.69, 9.17) is 4.74 Å². The van der Waals surface area contributed by atoms with Crippen molar-refractivity contribution in [1.29, 1.82) is 0 Å². The van der Waals surface area contributed by atoms with E-state index in [9.17, 15) is 9.59 Å². The minimum Gasteiger partial charge on any atom is -0.494 e. The Hall–Kier alpha value is -4.47. The number of carbonyl (C=O) groups excluding carboxylic acids is 2. The normalized spacial score (nSPS) is 22.6. The highest BCUT2D eigenvalue weighted by molar-refractivity contribution is 6.09. The molecule has 3 aliphatic heterocycles. The van der Waals surface area contributed by atoms with Gasteiger partial charge in [-0.1, -0.05) is 35.5 Å². The van der Waals surface area contributed by atoms with Crippen LogP contribution in [0.3, 0.4) is 0 Å². The number of aromatic amines is 1. The molecule has 37 heavy (non-hydrogen) atoms. The molecule has 0 aliphatic carbocycles. The number of hydrogen-bond donors (Lipinski definition) is 1. The van der Waals surface area contributed by atoms with Crippen molar-refractivity contribution in [2.24, 2.45) is 0 Å². The average Bonchev–Trinajstić information content (AvgIpc) is 3.72.